The van der Waals surface area contributed by atoms with E-state index in [-0.39, 0.29) is 11.0 Å². The Labute approximate surface area is 275 Å². The molecule has 0 aromatic heterocycles. The molecule has 8 aliphatic rings. The maximum atomic E-state index is 9.67. The van der Waals surface area contributed by atoms with E-state index in [0.717, 1.165) is 37.4 Å². The predicted molar refractivity (Wildman–Crippen MR) is 185 cm³/mol. The number of allylic oxidation sites excluding steroid dienone is 3. The molecule has 0 amide bonds. The first-order valence-electron chi connectivity index (χ1n) is 19.8. The van der Waals surface area contributed by atoms with Gasteiger partial charge in [-0.15, -0.1) is 0 Å². The summed E-state index contributed by atoms with van der Waals surface area (Å²) in [5.74, 6) is 2.99. The zero-order valence-corrected chi connectivity index (χ0v) is 29.5. The molecule has 3 heteroatoms. The van der Waals surface area contributed by atoms with E-state index in [1.807, 2.05) is 5.57 Å². The summed E-state index contributed by atoms with van der Waals surface area (Å²) < 4.78 is 6.47. The van der Waals surface area contributed by atoms with Crippen LogP contribution >= 0.6 is 0 Å². The second kappa shape index (κ2) is 11.1. The third-order valence-electron chi connectivity index (χ3n) is 16.9. The first-order valence-corrected chi connectivity index (χ1v) is 19.8. The van der Waals surface area contributed by atoms with E-state index in [1.54, 1.807) is 5.57 Å². The summed E-state index contributed by atoms with van der Waals surface area (Å²) in [4.78, 5) is 3.13. The van der Waals surface area contributed by atoms with Crippen molar-refractivity contribution in [1.29, 1.82) is 0 Å². The van der Waals surface area contributed by atoms with E-state index in [1.165, 1.54) is 116 Å². The van der Waals surface area contributed by atoms with Crippen molar-refractivity contribution in [2.45, 2.75) is 154 Å². The summed E-state index contributed by atoms with van der Waals surface area (Å²) in [5.41, 5.74) is 5.47. The molecule has 6 aliphatic carbocycles. The quantitative estimate of drug-likeness (QED) is 0.135. The number of aliphatic hydroxyl groups excluding tert-OH is 1. The van der Waals surface area contributed by atoms with Crippen molar-refractivity contribution in [2.24, 2.45) is 45.3 Å². The monoisotopic (exact) mass is 616 g/mol. The summed E-state index contributed by atoms with van der Waals surface area (Å²) in [6.45, 7) is 14.0. The van der Waals surface area contributed by atoms with Crippen LogP contribution in [-0.4, -0.2) is 47.4 Å². The number of ether oxygens (including phenoxy) is 1. The topological polar surface area (TPSA) is 32.5 Å². The fourth-order valence-electron chi connectivity index (χ4n) is 15.3. The number of rotatable bonds is 12. The maximum Gasteiger partial charge on any atom is 0.0652 e. The second-order valence-corrected chi connectivity index (χ2v) is 18.0. The van der Waals surface area contributed by atoms with Gasteiger partial charge in [0.15, 0.2) is 0 Å². The summed E-state index contributed by atoms with van der Waals surface area (Å²) in [5, 5.41) is 9.67. The van der Waals surface area contributed by atoms with Gasteiger partial charge >= 0.3 is 0 Å². The molecule has 250 valence electrons. The van der Waals surface area contributed by atoms with Crippen molar-refractivity contribution < 1.29 is 9.84 Å². The van der Waals surface area contributed by atoms with Crippen molar-refractivity contribution in [3.8, 4) is 0 Å². The zero-order chi connectivity index (χ0) is 31.1. The number of fused-ring (bicyclic) bond motifs is 1. The Balaban J connectivity index is 1.19. The minimum Gasteiger partial charge on any atom is -0.396 e. The average molecular weight is 616 g/mol. The summed E-state index contributed by atoms with van der Waals surface area (Å²) in [7, 11) is 0. The maximum absolute atomic E-state index is 9.67. The molecule has 5 fully saturated rings. The predicted octanol–water partition coefficient (Wildman–Crippen LogP) is 9.80. The molecule has 4 spiro atoms. The molecule has 4 saturated carbocycles. The van der Waals surface area contributed by atoms with Crippen molar-refractivity contribution in [3.05, 3.63) is 35.5 Å². The molecule has 0 radical (unpaired) electrons. The van der Waals surface area contributed by atoms with E-state index in [9.17, 15) is 5.11 Å². The molecule has 3 nitrogen and oxygen atoms in total. The Morgan fingerprint density at radius 2 is 1.87 bits per heavy atom. The molecule has 11 unspecified atom stereocenters. The Hall–Kier alpha value is -0.900. The Morgan fingerprint density at radius 3 is 2.71 bits per heavy atom. The molecule has 0 aromatic rings. The van der Waals surface area contributed by atoms with Crippen LogP contribution in [0.15, 0.2) is 35.5 Å². The highest BCUT2D eigenvalue weighted by atomic mass is 16.5. The van der Waals surface area contributed by atoms with Crippen LogP contribution in [0.25, 0.3) is 0 Å². The van der Waals surface area contributed by atoms with Gasteiger partial charge in [0.05, 0.1) is 5.54 Å². The van der Waals surface area contributed by atoms with Gasteiger partial charge < -0.3 is 9.84 Å². The van der Waals surface area contributed by atoms with Crippen LogP contribution in [0.4, 0.5) is 0 Å². The van der Waals surface area contributed by atoms with Gasteiger partial charge in [-0.3, -0.25) is 4.90 Å². The van der Waals surface area contributed by atoms with Gasteiger partial charge in [0.25, 0.3) is 0 Å². The third kappa shape index (κ3) is 3.76. The van der Waals surface area contributed by atoms with Crippen LogP contribution < -0.4 is 0 Å². The Kier molecular flexibility index (Phi) is 7.71. The Bertz CT molecular complexity index is 1250. The molecule has 2 bridgehead atoms. The largest absolute Gasteiger partial charge is 0.396 e. The number of hydrogen-bond donors (Lipinski definition) is 1. The molecule has 0 aromatic carbocycles. The molecule has 1 N–H and O–H groups in total. The normalized spacial score (nSPS) is 50.0. The lowest BCUT2D eigenvalue weighted by atomic mass is 9.31. The lowest BCUT2D eigenvalue weighted by molar-refractivity contribution is -0.231. The summed E-state index contributed by atoms with van der Waals surface area (Å²) >= 11 is 0. The molecule has 2 heterocycles. The van der Waals surface area contributed by atoms with E-state index in [4.69, 9.17) is 4.74 Å². The number of unbranched alkanes of at least 4 members (excludes halogenated alkanes) is 4. The number of aliphatic hydroxyl groups is 1. The first kappa shape index (κ1) is 31.4. The zero-order valence-electron chi connectivity index (χ0n) is 29.5. The van der Waals surface area contributed by atoms with Gasteiger partial charge in [-0.25, -0.2) is 0 Å². The smallest absolute Gasteiger partial charge is 0.0652 e. The van der Waals surface area contributed by atoms with Crippen molar-refractivity contribution in [1.82, 2.24) is 4.90 Å². The van der Waals surface area contributed by atoms with Crippen molar-refractivity contribution in [2.75, 3.05) is 26.4 Å². The van der Waals surface area contributed by atoms with E-state index >= 15 is 0 Å². The highest BCUT2D eigenvalue weighted by Crippen LogP contribution is 2.90. The van der Waals surface area contributed by atoms with E-state index in [2.05, 4.69) is 56.9 Å². The van der Waals surface area contributed by atoms with Crippen LogP contribution in [0.3, 0.4) is 0 Å². The molecule has 45 heavy (non-hydrogen) atoms. The lowest BCUT2D eigenvalue weighted by Gasteiger charge is -2.74. The van der Waals surface area contributed by atoms with Crippen LogP contribution in [0.2, 0.25) is 0 Å². The number of nitrogens with zero attached hydrogens (tertiary/aromatic N) is 1. The van der Waals surface area contributed by atoms with Crippen molar-refractivity contribution in [3.63, 3.8) is 0 Å². The minimum absolute atomic E-state index is 0.0514. The van der Waals surface area contributed by atoms with Gasteiger partial charge in [0, 0.05) is 42.7 Å². The van der Waals surface area contributed by atoms with Crippen LogP contribution in [0.5, 0.6) is 0 Å². The van der Waals surface area contributed by atoms with Gasteiger partial charge in [-0.05, 0) is 125 Å². The average Bonchev–Trinajstić information content (AvgIpc) is 3.21. The SMILES string of the molecule is CCCCCCCOCCC1CCCC12CC(C)C13CCC(C)=C1CC21C2(C=CCC31C)C=CC1C(CCCO)CCC13CN32. The molecular formula is C42H65NO2. The van der Waals surface area contributed by atoms with Gasteiger partial charge in [0.1, 0.15) is 0 Å². The summed E-state index contributed by atoms with van der Waals surface area (Å²) in [6, 6.07) is 0. The third-order valence-corrected chi connectivity index (χ3v) is 16.9. The fourth-order valence-corrected chi connectivity index (χ4v) is 15.3. The van der Waals surface area contributed by atoms with E-state index in [0.29, 0.717) is 34.3 Å². The second-order valence-electron chi connectivity index (χ2n) is 18.0. The first-order chi connectivity index (χ1) is 21.8. The standard InChI is InChI=1S/C42H65NO2/c1-5-6-7-8-9-26-45-27-18-34-14-10-20-38(34)28-32(3)41-24-15-31(2)36(41)29-42(38)37(41,4)19-12-21-40(42)23-17-35-33(13-11-25-44)16-22-39(35)30-43(39)40/h12,17,21,23,32-35,44H,5-11,13-16,18-20,22,24-30H2,1-4H3. The molecule has 11 atom stereocenters. The molecular weight excluding hydrogens is 550 g/mol. The van der Waals surface area contributed by atoms with Gasteiger partial charge in [-0.2, -0.15) is 0 Å². The lowest BCUT2D eigenvalue weighted by Crippen LogP contribution is -2.73. The Morgan fingerprint density at radius 1 is 1.00 bits per heavy atom. The fraction of sp³-hybridized carbons (Fsp3) is 0.857. The van der Waals surface area contributed by atoms with E-state index < -0.39 is 0 Å². The molecule has 2 aliphatic heterocycles. The minimum atomic E-state index is 0.0514. The van der Waals surface area contributed by atoms with Crippen LogP contribution in [-0.2, 0) is 4.74 Å². The molecule has 8 rings (SSSR count). The van der Waals surface area contributed by atoms with Crippen LogP contribution in [0.1, 0.15) is 143 Å². The highest BCUT2D eigenvalue weighted by molar-refractivity contribution is 5.54. The van der Waals surface area contributed by atoms with Crippen LogP contribution in [0, 0.1) is 45.3 Å². The van der Waals surface area contributed by atoms with Gasteiger partial charge in [0.2, 0.25) is 0 Å². The highest BCUT2D eigenvalue weighted by Gasteiger charge is 2.87. The summed E-state index contributed by atoms with van der Waals surface area (Å²) in [6.07, 6.45) is 35.0. The molecule has 1 saturated heterocycles. The van der Waals surface area contributed by atoms with Crippen molar-refractivity contribution >= 4 is 0 Å². The number of hydrogen-bond acceptors (Lipinski definition) is 3. The van der Waals surface area contributed by atoms with Gasteiger partial charge in [-0.1, -0.05) is 88.3 Å².